The first-order chi connectivity index (χ1) is 13.9. The summed E-state index contributed by atoms with van der Waals surface area (Å²) in [4.78, 5) is 33.0. The van der Waals surface area contributed by atoms with Gasteiger partial charge in [0.25, 0.3) is 5.78 Å². The number of nitrogens with zero attached hydrogens (tertiary/aromatic N) is 4. The summed E-state index contributed by atoms with van der Waals surface area (Å²) < 4.78 is 19.8. The number of esters is 1. The molecule has 152 valence electrons. The van der Waals surface area contributed by atoms with Gasteiger partial charge in [0.1, 0.15) is 5.82 Å². The molecule has 29 heavy (non-hydrogen) atoms. The van der Waals surface area contributed by atoms with Crippen LogP contribution in [0.15, 0.2) is 29.4 Å². The van der Waals surface area contributed by atoms with Crippen molar-refractivity contribution >= 4 is 29.3 Å². The lowest BCUT2D eigenvalue weighted by Gasteiger charge is -2.10. The third-order valence-corrected chi connectivity index (χ3v) is 5.05. The molecule has 0 saturated carbocycles. The highest BCUT2D eigenvalue weighted by Crippen LogP contribution is 2.17. The molecule has 3 rings (SSSR count). The number of hydrogen-bond donors (Lipinski definition) is 0. The maximum Gasteiger partial charge on any atom is 0.310 e. The predicted molar refractivity (Wildman–Crippen MR) is 107 cm³/mol. The summed E-state index contributed by atoms with van der Waals surface area (Å²) in [7, 11) is 0. The smallest absolute Gasteiger partial charge is 0.310 e. The molecule has 0 bridgehead atoms. The highest BCUT2D eigenvalue weighted by Gasteiger charge is 2.16. The van der Waals surface area contributed by atoms with E-state index in [0.29, 0.717) is 28.6 Å². The third-order valence-electron chi connectivity index (χ3n) is 4.51. The van der Waals surface area contributed by atoms with Crippen LogP contribution in [0.4, 0.5) is 4.39 Å². The van der Waals surface area contributed by atoms with Crippen molar-refractivity contribution in [1.82, 2.24) is 19.6 Å². The average Bonchev–Trinajstić information content (AvgIpc) is 3.12. The Morgan fingerprint density at radius 2 is 1.90 bits per heavy atom. The van der Waals surface area contributed by atoms with Crippen molar-refractivity contribution in [2.24, 2.45) is 0 Å². The van der Waals surface area contributed by atoms with E-state index in [1.807, 2.05) is 20.1 Å². The number of carbonyl (C=O) groups is 2. The molecule has 2 heterocycles. The Balaban J connectivity index is 1.54. The van der Waals surface area contributed by atoms with Crippen molar-refractivity contribution in [3.05, 3.63) is 52.6 Å². The van der Waals surface area contributed by atoms with Gasteiger partial charge in [-0.05, 0) is 50.8 Å². The fourth-order valence-corrected chi connectivity index (χ4v) is 3.26. The molecule has 0 atom stereocenters. The number of halogens is 1. The molecule has 3 aromatic rings. The molecule has 0 fully saturated rings. The number of fused-ring (bicyclic) bond motifs is 1. The van der Waals surface area contributed by atoms with E-state index in [-0.39, 0.29) is 31.0 Å². The van der Waals surface area contributed by atoms with Gasteiger partial charge in [0.05, 0.1) is 13.0 Å². The summed E-state index contributed by atoms with van der Waals surface area (Å²) >= 11 is 1.42. The molecule has 0 saturated heterocycles. The highest BCUT2D eigenvalue weighted by molar-refractivity contribution is 7.98. The third kappa shape index (κ3) is 4.97. The number of rotatable bonds is 8. The predicted octanol–water partition coefficient (Wildman–Crippen LogP) is 3.35. The molecule has 7 nitrogen and oxygen atoms in total. The number of aryl methyl sites for hydroxylation is 2. The van der Waals surface area contributed by atoms with Gasteiger partial charge in [-0.2, -0.15) is 4.98 Å². The monoisotopic (exact) mass is 416 g/mol. The molecular formula is C20H21FN4O3S. The fourth-order valence-electron chi connectivity index (χ4n) is 2.93. The molecule has 1 aromatic carbocycles. The lowest BCUT2D eigenvalue weighted by Crippen LogP contribution is -2.14. The molecule has 0 aliphatic rings. The van der Waals surface area contributed by atoms with Crippen molar-refractivity contribution < 1.29 is 18.7 Å². The number of thioether (sulfide) groups is 1. The molecule has 0 amide bonds. The molecule has 2 aromatic heterocycles. The maximum absolute atomic E-state index is 12.9. The second-order valence-corrected chi connectivity index (χ2v) is 7.28. The molecule has 0 N–H and O–H groups in total. The number of Topliss-reactive ketones (excluding diaryl/α,β-unsaturated/α-hetero) is 1. The second kappa shape index (κ2) is 9.13. The Labute approximate surface area is 171 Å². The van der Waals surface area contributed by atoms with Gasteiger partial charge in [0.15, 0.2) is 5.78 Å². The number of ketones is 1. The van der Waals surface area contributed by atoms with Gasteiger partial charge >= 0.3 is 5.97 Å². The average molecular weight is 416 g/mol. The molecule has 0 spiro atoms. The Kier molecular flexibility index (Phi) is 6.58. The Morgan fingerprint density at radius 3 is 2.59 bits per heavy atom. The van der Waals surface area contributed by atoms with Crippen LogP contribution in [0.2, 0.25) is 0 Å². The minimum absolute atomic E-state index is 0.0704. The zero-order chi connectivity index (χ0) is 21.0. The van der Waals surface area contributed by atoms with Gasteiger partial charge in [-0.1, -0.05) is 11.8 Å². The minimum atomic E-state index is -0.392. The normalized spacial score (nSPS) is 11.0. The van der Waals surface area contributed by atoms with Crippen LogP contribution in [0.3, 0.4) is 0 Å². The summed E-state index contributed by atoms with van der Waals surface area (Å²) in [6, 6.07) is 5.40. The van der Waals surface area contributed by atoms with Crippen molar-refractivity contribution in [3.8, 4) is 0 Å². The first-order valence-electron chi connectivity index (χ1n) is 9.10. The standard InChI is InChI=1S/C20H21FN4O3S/c1-12-16(13(2)25-19(22-12)23-20(24-25)29-3)11-18(27)28-10-4-5-17(26)14-6-8-15(21)9-7-14/h6-9H,4-5,10-11H2,1-3H3. The first kappa shape index (κ1) is 20.9. The number of carbonyl (C=O) groups excluding carboxylic acids is 2. The van der Waals surface area contributed by atoms with Crippen LogP contribution < -0.4 is 0 Å². The van der Waals surface area contributed by atoms with E-state index in [1.165, 1.54) is 36.0 Å². The van der Waals surface area contributed by atoms with Gasteiger partial charge in [-0.25, -0.2) is 13.9 Å². The summed E-state index contributed by atoms with van der Waals surface area (Å²) in [5.74, 6) is -0.389. The van der Waals surface area contributed by atoms with Gasteiger partial charge in [-0.3, -0.25) is 9.59 Å². The van der Waals surface area contributed by atoms with Crippen molar-refractivity contribution in [2.45, 2.75) is 38.3 Å². The molecule has 0 aliphatic heterocycles. The van der Waals surface area contributed by atoms with Crippen LogP contribution in [-0.4, -0.2) is 44.2 Å². The summed E-state index contributed by atoms with van der Waals surface area (Å²) in [5.41, 5.74) is 2.70. The van der Waals surface area contributed by atoms with E-state index < -0.39 is 5.97 Å². The van der Waals surface area contributed by atoms with E-state index in [0.717, 1.165) is 11.3 Å². The van der Waals surface area contributed by atoms with Crippen molar-refractivity contribution in [3.63, 3.8) is 0 Å². The van der Waals surface area contributed by atoms with Gasteiger partial charge < -0.3 is 4.74 Å². The van der Waals surface area contributed by atoms with Crippen LogP contribution in [0.1, 0.15) is 40.2 Å². The van der Waals surface area contributed by atoms with Crippen LogP contribution in [0.25, 0.3) is 5.78 Å². The second-order valence-electron chi connectivity index (χ2n) is 6.50. The Morgan fingerprint density at radius 1 is 1.17 bits per heavy atom. The lowest BCUT2D eigenvalue weighted by atomic mass is 10.1. The minimum Gasteiger partial charge on any atom is -0.465 e. The molecular weight excluding hydrogens is 395 g/mol. The summed E-state index contributed by atoms with van der Waals surface area (Å²) in [5, 5.41) is 4.98. The first-order valence-corrected chi connectivity index (χ1v) is 10.3. The van der Waals surface area contributed by atoms with Crippen LogP contribution in [0, 0.1) is 19.7 Å². The summed E-state index contributed by atoms with van der Waals surface area (Å²) in [6.45, 7) is 3.83. The maximum atomic E-state index is 12.9. The van der Waals surface area contributed by atoms with E-state index in [4.69, 9.17) is 4.74 Å². The zero-order valence-electron chi connectivity index (χ0n) is 16.4. The number of ether oxygens (including phenoxy) is 1. The topological polar surface area (TPSA) is 86.5 Å². The van der Waals surface area contributed by atoms with Crippen molar-refractivity contribution in [1.29, 1.82) is 0 Å². The molecule has 9 heteroatoms. The summed E-state index contributed by atoms with van der Waals surface area (Å²) in [6.07, 6.45) is 2.58. The fraction of sp³-hybridized carbons (Fsp3) is 0.350. The Bertz CT molecular complexity index is 1050. The number of aromatic nitrogens is 4. The molecule has 0 aliphatic carbocycles. The van der Waals surface area contributed by atoms with E-state index in [9.17, 15) is 14.0 Å². The van der Waals surface area contributed by atoms with Gasteiger partial charge in [0.2, 0.25) is 5.16 Å². The van der Waals surface area contributed by atoms with E-state index >= 15 is 0 Å². The number of hydrogen-bond acceptors (Lipinski definition) is 7. The van der Waals surface area contributed by atoms with E-state index in [2.05, 4.69) is 15.1 Å². The quantitative estimate of drug-likeness (QED) is 0.241. The van der Waals surface area contributed by atoms with Gasteiger partial charge in [0, 0.05) is 28.9 Å². The molecule has 0 radical (unpaired) electrons. The van der Waals surface area contributed by atoms with Crippen LogP contribution in [-0.2, 0) is 16.0 Å². The largest absolute Gasteiger partial charge is 0.465 e. The molecule has 0 unspecified atom stereocenters. The van der Waals surface area contributed by atoms with Crippen LogP contribution in [0.5, 0.6) is 0 Å². The number of benzene rings is 1. The highest BCUT2D eigenvalue weighted by atomic mass is 32.2. The van der Waals surface area contributed by atoms with Crippen LogP contribution >= 0.6 is 11.8 Å². The zero-order valence-corrected chi connectivity index (χ0v) is 17.3. The van der Waals surface area contributed by atoms with Gasteiger partial charge in [-0.15, -0.1) is 5.10 Å². The van der Waals surface area contributed by atoms with E-state index in [1.54, 1.807) is 4.52 Å². The SMILES string of the molecule is CSc1nc2nc(C)c(CC(=O)OCCCC(=O)c3ccc(F)cc3)c(C)n2n1. The lowest BCUT2D eigenvalue weighted by molar-refractivity contribution is -0.142. The Hall–Kier alpha value is -2.81. The van der Waals surface area contributed by atoms with Crippen molar-refractivity contribution in [2.75, 3.05) is 12.9 Å².